The van der Waals surface area contributed by atoms with Crippen LogP contribution in [0.15, 0.2) is 36.9 Å². The summed E-state index contributed by atoms with van der Waals surface area (Å²) in [7, 11) is 0. The van der Waals surface area contributed by atoms with E-state index in [-0.39, 0.29) is 11.0 Å². The Morgan fingerprint density at radius 3 is 2.78 bits per heavy atom. The molecule has 122 valence electrons. The van der Waals surface area contributed by atoms with Crippen LogP contribution in [-0.4, -0.2) is 26.5 Å². The summed E-state index contributed by atoms with van der Waals surface area (Å²) >= 11 is 6.01. The first-order valence-corrected chi connectivity index (χ1v) is 8.66. The predicted octanol–water partition coefficient (Wildman–Crippen LogP) is 3.75. The van der Waals surface area contributed by atoms with E-state index in [1.807, 2.05) is 16.8 Å². The van der Waals surface area contributed by atoms with Crippen molar-refractivity contribution in [1.82, 2.24) is 14.8 Å². The molecule has 2 aromatic rings. The predicted molar refractivity (Wildman–Crippen MR) is 89.3 cm³/mol. The third-order valence-corrected chi connectivity index (χ3v) is 6.43. The van der Waals surface area contributed by atoms with Crippen LogP contribution >= 0.6 is 11.6 Å². The number of ether oxygens (including phenoxy) is 1. The highest BCUT2D eigenvalue weighted by Gasteiger charge is 2.69. The second-order valence-electron chi connectivity index (χ2n) is 7.23. The zero-order chi connectivity index (χ0) is 16.1. The average Bonchev–Trinajstić information content (AvgIpc) is 3.11. The zero-order valence-corrected chi connectivity index (χ0v) is 14.3. The second-order valence-corrected chi connectivity index (χ2v) is 7.66. The number of hydrogen-bond acceptors (Lipinski definition) is 3. The molecule has 0 N–H and O–H groups in total. The van der Waals surface area contributed by atoms with Crippen molar-refractivity contribution >= 4 is 11.6 Å². The third kappa shape index (κ3) is 2.23. The fourth-order valence-corrected chi connectivity index (χ4v) is 4.75. The Hall–Kier alpha value is -1.39. The summed E-state index contributed by atoms with van der Waals surface area (Å²) in [6.45, 7) is 5.36. The Kier molecular flexibility index (Phi) is 3.50. The molecule has 1 saturated carbocycles. The molecule has 1 aromatic heterocycles. The Bertz CT molecular complexity index is 687. The van der Waals surface area contributed by atoms with Crippen LogP contribution in [-0.2, 0) is 17.7 Å². The van der Waals surface area contributed by atoms with Gasteiger partial charge in [-0.2, -0.15) is 5.10 Å². The molecule has 2 heterocycles. The van der Waals surface area contributed by atoms with Gasteiger partial charge < -0.3 is 4.74 Å². The van der Waals surface area contributed by atoms with E-state index in [1.54, 1.807) is 12.7 Å². The summed E-state index contributed by atoms with van der Waals surface area (Å²) in [6.07, 6.45) is 7.12. The minimum Gasteiger partial charge on any atom is -0.368 e. The fourth-order valence-electron chi connectivity index (χ4n) is 4.62. The lowest BCUT2D eigenvalue weighted by molar-refractivity contribution is -0.313. The summed E-state index contributed by atoms with van der Waals surface area (Å²) < 4.78 is 8.34. The van der Waals surface area contributed by atoms with Gasteiger partial charge in [0.1, 0.15) is 12.7 Å². The first-order valence-electron chi connectivity index (χ1n) is 8.28. The van der Waals surface area contributed by atoms with Crippen LogP contribution in [0.5, 0.6) is 0 Å². The van der Waals surface area contributed by atoms with Crippen LogP contribution in [0, 0.1) is 11.3 Å². The molecule has 1 aliphatic heterocycles. The minimum atomic E-state index is -0.139. The number of fused-ring (bicyclic) bond motifs is 1. The molecule has 0 amide bonds. The maximum Gasteiger partial charge on any atom is 0.137 e. The van der Waals surface area contributed by atoms with Gasteiger partial charge in [-0.1, -0.05) is 30.7 Å². The molecule has 4 atom stereocenters. The van der Waals surface area contributed by atoms with E-state index >= 15 is 0 Å². The van der Waals surface area contributed by atoms with Gasteiger partial charge in [-0.25, -0.2) is 4.98 Å². The molecule has 0 spiro atoms. The summed E-state index contributed by atoms with van der Waals surface area (Å²) in [5.41, 5.74) is 1.40. The van der Waals surface area contributed by atoms with Crippen molar-refractivity contribution in [2.24, 2.45) is 11.3 Å². The summed E-state index contributed by atoms with van der Waals surface area (Å²) in [6, 6.07) is 8.20. The molecule has 1 aliphatic carbocycles. The highest BCUT2D eigenvalue weighted by atomic mass is 35.5. The maximum absolute atomic E-state index is 6.42. The van der Waals surface area contributed by atoms with Gasteiger partial charge in [0.25, 0.3) is 0 Å². The number of hydrogen-bond donors (Lipinski definition) is 0. The van der Waals surface area contributed by atoms with Gasteiger partial charge in [0.2, 0.25) is 0 Å². The second kappa shape index (κ2) is 5.32. The van der Waals surface area contributed by atoms with Crippen LogP contribution < -0.4 is 0 Å². The van der Waals surface area contributed by atoms with Gasteiger partial charge in [-0.3, -0.25) is 4.68 Å². The van der Waals surface area contributed by atoms with E-state index in [4.69, 9.17) is 16.3 Å². The lowest BCUT2D eigenvalue weighted by Crippen LogP contribution is -2.68. The average molecular weight is 332 g/mol. The quantitative estimate of drug-likeness (QED) is 0.856. The van der Waals surface area contributed by atoms with Gasteiger partial charge >= 0.3 is 0 Å². The molecule has 4 nitrogen and oxygen atoms in total. The molecule has 1 saturated heterocycles. The van der Waals surface area contributed by atoms with Crippen LogP contribution in [0.3, 0.4) is 0 Å². The Labute approximate surface area is 141 Å². The molecular weight excluding hydrogens is 310 g/mol. The normalized spacial score (nSPS) is 35.8. The third-order valence-electron chi connectivity index (χ3n) is 6.18. The standard InChI is InChI=1S/C18H22ClN3O/c1-13-17(2)8-7-15(9-14-3-5-16(19)6-4-14)18(17,23-13)10-22-12-20-11-21-22/h3-6,11-13,15H,7-10H2,1-2H3/t13?,15-,17+,18+/m1/s1. The Morgan fingerprint density at radius 1 is 1.35 bits per heavy atom. The van der Waals surface area contributed by atoms with E-state index in [2.05, 4.69) is 36.1 Å². The van der Waals surface area contributed by atoms with Crippen LogP contribution in [0.25, 0.3) is 0 Å². The highest BCUT2D eigenvalue weighted by molar-refractivity contribution is 6.30. The molecule has 1 unspecified atom stereocenters. The number of benzene rings is 1. The lowest BCUT2D eigenvalue weighted by Gasteiger charge is -2.60. The summed E-state index contributed by atoms with van der Waals surface area (Å²) in [5.74, 6) is 0.495. The smallest absolute Gasteiger partial charge is 0.137 e. The van der Waals surface area contributed by atoms with Gasteiger partial charge in [0, 0.05) is 10.4 Å². The van der Waals surface area contributed by atoms with Crippen molar-refractivity contribution < 1.29 is 4.74 Å². The van der Waals surface area contributed by atoms with E-state index in [0.29, 0.717) is 12.0 Å². The molecule has 4 rings (SSSR count). The Morgan fingerprint density at radius 2 is 2.13 bits per heavy atom. The molecule has 2 aliphatic rings. The SMILES string of the molecule is CC1O[C@@]2(Cn3cncn3)[C@@H](Cc3ccc(Cl)cc3)CC[C@@]12C. The number of rotatable bonds is 4. The number of aromatic nitrogens is 3. The maximum atomic E-state index is 6.42. The van der Waals surface area contributed by atoms with Crippen molar-refractivity contribution in [3.8, 4) is 0 Å². The van der Waals surface area contributed by atoms with Gasteiger partial charge in [-0.15, -0.1) is 0 Å². The number of nitrogens with zero attached hydrogens (tertiary/aromatic N) is 3. The zero-order valence-electron chi connectivity index (χ0n) is 13.6. The monoisotopic (exact) mass is 331 g/mol. The summed E-state index contributed by atoms with van der Waals surface area (Å²) in [4.78, 5) is 4.09. The molecule has 1 aromatic carbocycles. The van der Waals surface area contributed by atoms with Crippen molar-refractivity contribution in [2.45, 2.75) is 51.4 Å². The molecular formula is C18H22ClN3O. The lowest BCUT2D eigenvalue weighted by atomic mass is 9.63. The van der Waals surface area contributed by atoms with Crippen molar-refractivity contribution in [2.75, 3.05) is 0 Å². The van der Waals surface area contributed by atoms with E-state index in [9.17, 15) is 0 Å². The van der Waals surface area contributed by atoms with Gasteiger partial charge in [-0.05, 0) is 49.8 Å². The van der Waals surface area contributed by atoms with Crippen molar-refractivity contribution in [3.05, 3.63) is 47.5 Å². The van der Waals surface area contributed by atoms with Crippen molar-refractivity contribution in [3.63, 3.8) is 0 Å². The van der Waals surface area contributed by atoms with Gasteiger partial charge in [0.15, 0.2) is 0 Å². The molecule has 23 heavy (non-hydrogen) atoms. The van der Waals surface area contributed by atoms with E-state index in [1.165, 1.54) is 18.4 Å². The van der Waals surface area contributed by atoms with Crippen LogP contribution in [0.2, 0.25) is 5.02 Å². The first-order chi connectivity index (χ1) is 11.0. The van der Waals surface area contributed by atoms with E-state index < -0.39 is 0 Å². The highest BCUT2D eigenvalue weighted by Crippen LogP contribution is 2.64. The minimum absolute atomic E-state index is 0.139. The molecule has 0 radical (unpaired) electrons. The van der Waals surface area contributed by atoms with Crippen LogP contribution in [0.4, 0.5) is 0 Å². The number of halogens is 1. The molecule has 2 fully saturated rings. The largest absolute Gasteiger partial charge is 0.368 e. The molecule has 0 bridgehead atoms. The summed E-state index contributed by atoms with van der Waals surface area (Å²) in [5, 5.41) is 5.10. The fraction of sp³-hybridized carbons (Fsp3) is 0.556. The van der Waals surface area contributed by atoms with Gasteiger partial charge in [0.05, 0.1) is 18.2 Å². The Balaban J connectivity index is 1.62. The van der Waals surface area contributed by atoms with E-state index in [0.717, 1.165) is 18.0 Å². The van der Waals surface area contributed by atoms with Crippen molar-refractivity contribution in [1.29, 1.82) is 0 Å². The molecule has 5 heteroatoms. The first kappa shape index (κ1) is 15.2. The topological polar surface area (TPSA) is 39.9 Å². The van der Waals surface area contributed by atoms with Crippen LogP contribution in [0.1, 0.15) is 32.3 Å².